The molecular formula is C27H29NO3S. The fourth-order valence-corrected chi connectivity index (χ4v) is 6.10. The lowest BCUT2D eigenvalue weighted by Crippen LogP contribution is -2.31. The predicted molar refractivity (Wildman–Crippen MR) is 130 cm³/mol. The summed E-state index contributed by atoms with van der Waals surface area (Å²) in [5, 5.41) is 2.77. The lowest BCUT2D eigenvalue weighted by molar-refractivity contribution is -0.114. The van der Waals surface area contributed by atoms with Gasteiger partial charge in [0.1, 0.15) is 0 Å². The van der Waals surface area contributed by atoms with Gasteiger partial charge in [-0.2, -0.15) is 0 Å². The summed E-state index contributed by atoms with van der Waals surface area (Å²) in [6, 6.07) is 11.8. The number of amides is 1. The van der Waals surface area contributed by atoms with Crippen molar-refractivity contribution in [1.82, 2.24) is 0 Å². The van der Waals surface area contributed by atoms with Gasteiger partial charge >= 0.3 is 0 Å². The van der Waals surface area contributed by atoms with E-state index in [9.17, 15) is 14.4 Å². The molecule has 0 radical (unpaired) electrons. The number of ketones is 2. The van der Waals surface area contributed by atoms with E-state index < -0.39 is 0 Å². The predicted octanol–water partition coefficient (Wildman–Crippen LogP) is 6.18. The number of nitrogens with one attached hydrogen (secondary N) is 1. The van der Waals surface area contributed by atoms with Gasteiger partial charge in [-0.1, -0.05) is 51.6 Å². The molecule has 0 saturated carbocycles. The minimum absolute atomic E-state index is 0.000823. The highest BCUT2D eigenvalue weighted by Crippen LogP contribution is 2.48. The van der Waals surface area contributed by atoms with Crippen LogP contribution in [-0.2, 0) is 21.4 Å². The van der Waals surface area contributed by atoms with E-state index in [0.29, 0.717) is 11.1 Å². The Hall–Kier alpha value is -2.66. The van der Waals surface area contributed by atoms with E-state index in [1.54, 1.807) is 0 Å². The second-order valence-corrected chi connectivity index (χ2v) is 10.7. The third-order valence-corrected chi connectivity index (χ3v) is 7.56. The first kappa shape index (κ1) is 22.5. The molecule has 0 heterocycles. The first-order valence-electron chi connectivity index (χ1n) is 11.2. The molecule has 1 N–H and O–H groups in total. The van der Waals surface area contributed by atoms with E-state index in [0.717, 1.165) is 45.9 Å². The Kier molecular flexibility index (Phi) is 5.89. The number of carbonyl (C=O) groups excluding carboxylic acids is 3. The van der Waals surface area contributed by atoms with Gasteiger partial charge in [0.05, 0.1) is 0 Å². The van der Waals surface area contributed by atoms with Gasteiger partial charge in [-0.3, -0.25) is 14.4 Å². The summed E-state index contributed by atoms with van der Waals surface area (Å²) in [5.41, 5.74) is 5.06. The van der Waals surface area contributed by atoms with Crippen LogP contribution in [0.15, 0.2) is 46.9 Å². The van der Waals surface area contributed by atoms with Gasteiger partial charge in [-0.05, 0) is 66.0 Å². The zero-order valence-electron chi connectivity index (χ0n) is 19.3. The molecule has 1 amide bonds. The maximum absolute atomic E-state index is 13.3. The molecule has 2 aromatic carbocycles. The van der Waals surface area contributed by atoms with Crippen molar-refractivity contribution in [3.8, 4) is 0 Å². The van der Waals surface area contributed by atoms with Crippen LogP contribution in [0.1, 0.15) is 74.5 Å². The number of hydrogen-bond acceptors (Lipinski definition) is 4. The zero-order chi connectivity index (χ0) is 23.2. The van der Waals surface area contributed by atoms with E-state index in [1.807, 2.05) is 44.2 Å². The van der Waals surface area contributed by atoms with Crippen molar-refractivity contribution in [2.75, 3.05) is 5.32 Å². The van der Waals surface area contributed by atoms with Crippen molar-refractivity contribution in [2.45, 2.75) is 64.2 Å². The molecule has 0 unspecified atom stereocenters. The Morgan fingerprint density at radius 2 is 1.72 bits per heavy atom. The van der Waals surface area contributed by atoms with E-state index >= 15 is 0 Å². The molecule has 4 nitrogen and oxygen atoms in total. The van der Waals surface area contributed by atoms with Gasteiger partial charge in [0.2, 0.25) is 17.5 Å². The maximum atomic E-state index is 13.3. The number of benzene rings is 2. The molecule has 2 aliphatic rings. The smallest absolute Gasteiger partial charge is 0.234 e. The summed E-state index contributed by atoms with van der Waals surface area (Å²) >= 11 is 1.52. The average molecular weight is 448 g/mol. The summed E-state index contributed by atoms with van der Waals surface area (Å²) < 4.78 is 0. The molecule has 0 spiro atoms. The minimum atomic E-state index is -0.373. The fraction of sp³-hybridized carbons (Fsp3) is 0.370. The van der Waals surface area contributed by atoms with Crippen molar-refractivity contribution in [1.29, 1.82) is 0 Å². The summed E-state index contributed by atoms with van der Waals surface area (Å²) in [4.78, 5) is 39.7. The molecule has 2 aliphatic carbocycles. The topological polar surface area (TPSA) is 63.2 Å². The van der Waals surface area contributed by atoms with Crippen LogP contribution < -0.4 is 5.32 Å². The second kappa shape index (κ2) is 8.36. The number of anilines is 1. The quantitative estimate of drug-likeness (QED) is 0.568. The van der Waals surface area contributed by atoms with Crippen LogP contribution in [0.3, 0.4) is 0 Å². The highest BCUT2D eigenvalue weighted by molar-refractivity contribution is 8.08. The number of fused-ring (bicyclic) bond motifs is 3. The zero-order valence-corrected chi connectivity index (χ0v) is 20.1. The molecule has 0 aromatic heterocycles. The van der Waals surface area contributed by atoms with Crippen LogP contribution in [0.25, 0.3) is 4.91 Å². The molecule has 2 aromatic rings. The standard InChI is InChI=1S/C27H29NO3S/c1-15(2)22-24(30)25(31)23-19-7-6-14-27(4,5)21(19)13-12-20(23)26(22)32-18-10-8-17(9-11-18)28-16(3)29/h8-13,15H,6-7,14H2,1-5H3,(H,28,29). The highest BCUT2D eigenvalue weighted by atomic mass is 32.2. The molecular weight excluding hydrogens is 418 g/mol. The molecule has 0 saturated heterocycles. The van der Waals surface area contributed by atoms with Gasteiger partial charge in [0.15, 0.2) is 0 Å². The normalized spacial score (nSPS) is 17.3. The van der Waals surface area contributed by atoms with Gasteiger partial charge in [-0.15, -0.1) is 0 Å². The number of allylic oxidation sites excluding steroid dienone is 1. The Labute approximate surface area is 193 Å². The van der Waals surface area contributed by atoms with Crippen molar-refractivity contribution in [3.63, 3.8) is 0 Å². The maximum Gasteiger partial charge on any atom is 0.234 e. The lowest BCUT2D eigenvalue weighted by atomic mass is 9.69. The Morgan fingerprint density at radius 1 is 1.03 bits per heavy atom. The van der Waals surface area contributed by atoms with Crippen molar-refractivity contribution < 1.29 is 14.4 Å². The molecule has 0 fully saturated rings. The summed E-state index contributed by atoms with van der Waals surface area (Å²) in [6.07, 6.45) is 2.93. The van der Waals surface area contributed by atoms with Crippen LogP contribution in [0.5, 0.6) is 0 Å². The molecule has 0 bridgehead atoms. The molecule has 5 heteroatoms. The van der Waals surface area contributed by atoms with Crippen molar-refractivity contribution >= 4 is 39.8 Å². The molecule has 166 valence electrons. The van der Waals surface area contributed by atoms with Crippen LogP contribution >= 0.6 is 11.8 Å². The van der Waals surface area contributed by atoms with Crippen LogP contribution in [0.4, 0.5) is 5.69 Å². The fourth-order valence-electron chi connectivity index (χ4n) is 4.88. The summed E-state index contributed by atoms with van der Waals surface area (Å²) in [7, 11) is 0. The number of carbonyl (C=O) groups is 3. The number of hydrogen-bond donors (Lipinski definition) is 1. The summed E-state index contributed by atoms with van der Waals surface area (Å²) in [6.45, 7) is 9.84. The lowest BCUT2D eigenvalue weighted by Gasteiger charge is -2.35. The molecule has 4 rings (SSSR count). The minimum Gasteiger partial charge on any atom is -0.326 e. The third kappa shape index (κ3) is 3.95. The van der Waals surface area contributed by atoms with Crippen molar-refractivity contribution in [2.24, 2.45) is 5.92 Å². The van der Waals surface area contributed by atoms with Crippen LogP contribution in [-0.4, -0.2) is 17.5 Å². The first-order valence-corrected chi connectivity index (χ1v) is 12.0. The largest absolute Gasteiger partial charge is 0.326 e. The van der Waals surface area contributed by atoms with E-state index in [-0.39, 0.29) is 28.8 Å². The summed E-state index contributed by atoms with van der Waals surface area (Å²) in [5.74, 6) is -0.910. The van der Waals surface area contributed by atoms with Gasteiger partial charge in [0.25, 0.3) is 0 Å². The van der Waals surface area contributed by atoms with Gasteiger partial charge in [0, 0.05) is 39.1 Å². The first-order chi connectivity index (χ1) is 15.1. The van der Waals surface area contributed by atoms with Crippen LogP contribution in [0, 0.1) is 5.92 Å². The molecule has 0 atom stereocenters. The van der Waals surface area contributed by atoms with Crippen molar-refractivity contribution in [3.05, 3.63) is 64.2 Å². The van der Waals surface area contributed by atoms with E-state index in [2.05, 4.69) is 25.2 Å². The highest BCUT2D eigenvalue weighted by Gasteiger charge is 2.39. The average Bonchev–Trinajstić information content (AvgIpc) is 2.71. The number of rotatable bonds is 4. The number of Topliss-reactive ketones (excluding diaryl/α,β-unsaturated/α-hetero) is 2. The number of thioether (sulfide) groups is 1. The van der Waals surface area contributed by atoms with Gasteiger partial charge < -0.3 is 5.32 Å². The van der Waals surface area contributed by atoms with E-state index in [1.165, 1.54) is 24.2 Å². The Morgan fingerprint density at radius 3 is 2.34 bits per heavy atom. The monoisotopic (exact) mass is 447 g/mol. The Balaban J connectivity index is 1.84. The van der Waals surface area contributed by atoms with Gasteiger partial charge in [-0.25, -0.2) is 0 Å². The Bertz CT molecular complexity index is 1160. The molecule has 0 aliphatic heterocycles. The second-order valence-electron chi connectivity index (χ2n) is 9.62. The third-order valence-electron chi connectivity index (χ3n) is 6.41. The molecule has 32 heavy (non-hydrogen) atoms. The SMILES string of the molecule is CC(=O)Nc1ccc(SC2=C(C(C)C)C(=O)C(=O)c3c2ccc2c3CCCC2(C)C)cc1. The van der Waals surface area contributed by atoms with E-state index in [4.69, 9.17) is 0 Å². The van der Waals surface area contributed by atoms with Crippen LogP contribution in [0.2, 0.25) is 0 Å².